The molecular formula is C29H51NO6S. The summed E-state index contributed by atoms with van der Waals surface area (Å²) in [7, 11) is -4.06. The monoisotopic (exact) mass is 541 g/mol. The number of aliphatic hydroxyl groups is 2. The minimum absolute atomic E-state index is 0.0609. The molecule has 0 aromatic heterocycles. The van der Waals surface area contributed by atoms with Gasteiger partial charge >= 0.3 is 0 Å². The zero-order valence-electron chi connectivity index (χ0n) is 23.4. The van der Waals surface area contributed by atoms with E-state index in [-0.39, 0.29) is 41.4 Å². The molecule has 4 saturated carbocycles. The maximum Gasteiger partial charge on any atom is 0.266 e. The van der Waals surface area contributed by atoms with Gasteiger partial charge in [0.1, 0.15) is 0 Å². The molecule has 0 saturated heterocycles. The number of carbonyl (C=O) groups excluding carboxylic acids is 1. The van der Waals surface area contributed by atoms with Gasteiger partial charge < -0.3 is 15.5 Å². The number of nitrogens with one attached hydrogen (secondary N) is 1. The van der Waals surface area contributed by atoms with Crippen LogP contribution >= 0.6 is 0 Å². The summed E-state index contributed by atoms with van der Waals surface area (Å²) < 4.78 is 30.5. The average molecular weight is 542 g/mol. The van der Waals surface area contributed by atoms with E-state index < -0.39 is 15.9 Å². The first-order valence-corrected chi connectivity index (χ1v) is 16.5. The second-order valence-corrected chi connectivity index (χ2v) is 15.4. The second kappa shape index (κ2) is 11.1. The van der Waals surface area contributed by atoms with Gasteiger partial charge in [-0.3, -0.25) is 9.35 Å². The molecule has 4 aliphatic carbocycles. The van der Waals surface area contributed by atoms with E-state index in [0.29, 0.717) is 35.5 Å². The number of aliphatic hydroxyl groups excluding tert-OH is 2. The first-order chi connectivity index (χ1) is 17.3. The lowest BCUT2D eigenvalue weighted by molar-refractivity contribution is -0.174. The quantitative estimate of drug-likeness (QED) is 0.320. The Morgan fingerprint density at radius 2 is 1.65 bits per heavy atom. The summed E-state index contributed by atoms with van der Waals surface area (Å²) in [6.45, 7) is 9.15. The summed E-state index contributed by atoms with van der Waals surface area (Å²) in [5.74, 6) is 2.39. The number of carbonyl (C=O) groups is 1. The van der Waals surface area contributed by atoms with E-state index in [4.69, 9.17) is 4.55 Å². The molecule has 0 aromatic carbocycles. The van der Waals surface area contributed by atoms with E-state index >= 15 is 0 Å². The zero-order chi connectivity index (χ0) is 27.2. The lowest BCUT2D eigenvalue weighted by Gasteiger charge is -2.62. The summed E-state index contributed by atoms with van der Waals surface area (Å²) in [5.41, 5.74) is 0.518. The summed E-state index contributed by atoms with van der Waals surface area (Å²) in [6.07, 6.45) is 10.9. The highest BCUT2D eigenvalue weighted by Gasteiger charge is 2.62. The number of hydrogen-bond donors (Lipinski definition) is 4. The van der Waals surface area contributed by atoms with Crippen molar-refractivity contribution in [3.8, 4) is 0 Å². The van der Waals surface area contributed by atoms with Gasteiger partial charge in [0.25, 0.3) is 10.1 Å². The Kier molecular flexibility index (Phi) is 8.75. The highest BCUT2D eigenvalue weighted by atomic mass is 32.2. The van der Waals surface area contributed by atoms with Gasteiger partial charge in [-0.05, 0) is 104 Å². The van der Waals surface area contributed by atoms with E-state index in [1.54, 1.807) is 0 Å². The summed E-state index contributed by atoms with van der Waals surface area (Å²) in [5, 5.41) is 24.3. The molecule has 11 atom stereocenters. The van der Waals surface area contributed by atoms with Crippen LogP contribution in [0.25, 0.3) is 0 Å². The highest BCUT2D eigenvalue weighted by Crippen LogP contribution is 2.68. The van der Waals surface area contributed by atoms with Gasteiger partial charge in [0.05, 0.1) is 18.0 Å². The van der Waals surface area contributed by atoms with Crippen molar-refractivity contribution in [2.75, 3.05) is 12.3 Å². The van der Waals surface area contributed by atoms with Crippen molar-refractivity contribution in [2.24, 2.45) is 52.3 Å². The fourth-order valence-electron chi connectivity index (χ4n) is 9.73. The maximum atomic E-state index is 12.3. The van der Waals surface area contributed by atoms with Crippen LogP contribution in [0, 0.1) is 52.3 Å². The second-order valence-electron chi connectivity index (χ2n) is 13.8. The molecule has 1 amide bonds. The Labute approximate surface area is 224 Å². The van der Waals surface area contributed by atoms with E-state index in [2.05, 4.69) is 26.1 Å². The molecule has 7 nitrogen and oxygen atoms in total. The van der Waals surface area contributed by atoms with Crippen LogP contribution in [0.3, 0.4) is 0 Å². The maximum absolute atomic E-state index is 12.3. The first kappa shape index (κ1) is 29.3. The predicted molar refractivity (Wildman–Crippen MR) is 144 cm³/mol. The van der Waals surface area contributed by atoms with Gasteiger partial charge in [0.2, 0.25) is 5.91 Å². The van der Waals surface area contributed by atoms with E-state index in [0.717, 1.165) is 44.9 Å². The zero-order valence-corrected chi connectivity index (χ0v) is 24.2. The van der Waals surface area contributed by atoms with Gasteiger partial charge in [-0.15, -0.1) is 0 Å². The third-order valence-electron chi connectivity index (χ3n) is 11.8. The van der Waals surface area contributed by atoms with Crippen molar-refractivity contribution in [2.45, 2.75) is 111 Å². The molecule has 4 rings (SSSR count). The summed E-state index contributed by atoms with van der Waals surface area (Å²) in [4.78, 5) is 12.3. The number of amides is 1. The van der Waals surface area contributed by atoms with E-state index in [1.165, 1.54) is 25.7 Å². The molecule has 0 aromatic rings. The molecule has 214 valence electrons. The Hall–Kier alpha value is -0.700. The third-order valence-corrected chi connectivity index (χ3v) is 12.5. The van der Waals surface area contributed by atoms with Crippen LogP contribution in [0.2, 0.25) is 0 Å². The van der Waals surface area contributed by atoms with Crippen LogP contribution in [-0.2, 0) is 14.9 Å². The molecule has 0 heterocycles. The average Bonchev–Trinajstić information content (AvgIpc) is 3.16. The van der Waals surface area contributed by atoms with Crippen molar-refractivity contribution in [1.29, 1.82) is 0 Å². The minimum Gasteiger partial charge on any atom is -0.393 e. The van der Waals surface area contributed by atoms with Crippen molar-refractivity contribution >= 4 is 16.0 Å². The number of fused-ring (bicyclic) bond motifs is 5. The molecule has 0 aliphatic heterocycles. The van der Waals surface area contributed by atoms with Crippen LogP contribution in [0.15, 0.2) is 0 Å². The fraction of sp³-hybridized carbons (Fsp3) is 0.966. The molecule has 37 heavy (non-hydrogen) atoms. The molecule has 4 fully saturated rings. The Morgan fingerprint density at radius 1 is 0.973 bits per heavy atom. The van der Waals surface area contributed by atoms with Crippen LogP contribution in [0.5, 0.6) is 0 Å². The van der Waals surface area contributed by atoms with Crippen molar-refractivity contribution in [1.82, 2.24) is 5.32 Å². The normalized spacial score (nSPS) is 43.3. The SMILES string of the molecule is C[C@H](CCC[C@@H](C)C1CCC2C3C(CC[C@@]21C)[C@@]1(C)CC[C@@H](O)C[C@H]1C[C@H]3O)C(=O)NCCS(=O)(=O)O. The van der Waals surface area contributed by atoms with E-state index in [9.17, 15) is 23.4 Å². The Balaban J connectivity index is 1.32. The molecule has 4 unspecified atom stereocenters. The summed E-state index contributed by atoms with van der Waals surface area (Å²) >= 11 is 0. The van der Waals surface area contributed by atoms with Gasteiger partial charge in [-0.1, -0.05) is 40.5 Å². The smallest absolute Gasteiger partial charge is 0.266 e. The molecule has 0 bridgehead atoms. The molecule has 0 radical (unpaired) electrons. The number of hydrogen-bond acceptors (Lipinski definition) is 5. The molecule has 8 heteroatoms. The molecular weight excluding hydrogens is 490 g/mol. The topological polar surface area (TPSA) is 124 Å². The summed E-state index contributed by atoms with van der Waals surface area (Å²) in [6, 6.07) is 0. The fourth-order valence-corrected chi connectivity index (χ4v) is 10.1. The standard InChI is InChI=1S/C29H51NO6S/c1-18(6-5-7-19(2)27(33)30-14-15-37(34,35)36)22-8-9-23-26-24(11-13-29(22,23)4)28(3)12-10-21(31)16-20(28)17-25(26)32/h18-26,31-32H,5-17H2,1-4H3,(H,30,33)(H,34,35,36)/t18-,19-,20+,21-,22?,23?,24?,25-,26?,28+,29-/m1/s1. The number of rotatable bonds is 9. The lowest BCUT2D eigenvalue weighted by Crippen LogP contribution is -2.58. The van der Waals surface area contributed by atoms with Crippen molar-refractivity contribution in [3.63, 3.8) is 0 Å². The van der Waals surface area contributed by atoms with Crippen molar-refractivity contribution < 1.29 is 28.0 Å². The Bertz CT molecular complexity index is 925. The van der Waals surface area contributed by atoms with Crippen molar-refractivity contribution in [3.05, 3.63) is 0 Å². The van der Waals surface area contributed by atoms with Gasteiger partial charge in [-0.25, -0.2) is 0 Å². The minimum atomic E-state index is -4.06. The van der Waals surface area contributed by atoms with Gasteiger partial charge in [0.15, 0.2) is 0 Å². The van der Waals surface area contributed by atoms with Crippen LogP contribution in [0.4, 0.5) is 0 Å². The van der Waals surface area contributed by atoms with Crippen LogP contribution in [-0.4, -0.2) is 53.6 Å². The third kappa shape index (κ3) is 5.92. The molecule has 4 N–H and O–H groups in total. The van der Waals surface area contributed by atoms with Crippen LogP contribution in [0.1, 0.15) is 98.3 Å². The predicted octanol–water partition coefficient (Wildman–Crippen LogP) is 4.42. The van der Waals surface area contributed by atoms with E-state index in [1.807, 2.05) is 6.92 Å². The van der Waals surface area contributed by atoms with Gasteiger partial charge in [0, 0.05) is 12.5 Å². The highest BCUT2D eigenvalue weighted by molar-refractivity contribution is 7.85. The van der Waals surface area contributed by atoms with Crippen LogP contribution < -0.4 is 5.32 Å². The van der Waals surface area contributed by atoms with Gasteiger partial charge in [-0.2, -0.15) is 8.42 Å². The first-order valence-electron chi connectivity index (χ1n) is 14.8. The molecule has 0 spiro atoms. The lowest BCUT2D eigenvalue weighted by atomic mass is 9.43. The largest absolute Gasteiger partial charge is 0.393 e. The Morgan fingerprint density at radius 3 is 2.35 bits per heavy atom. The molecule has 4 aliphatic rings.